The zero-order chi connectivity index (χ0) is 8.27. The minimum atomic E-state index is 0.679. The quantitative estimate of drug-likeness (QED) is 0.671. The van der Waals surface area contributed by atoms with Gasteiger partial charge >= 0.3 is 0 Å². The van der Waals surface area contributed by atoms with Crippen molar-refractivity contribution in [1.82, 2.24) is 0 Å². The van der Waals surface area contributed by atoms with Crippen molar-refractivity contribution in [1.29, 1.82) is 5.26 Å². The van der Waals surface area contributed by atoms with Gasteiger partial charge in [0.25, 0.3) is 0 Å². The Labute approximate surface area is 74.3 Å². The highest BCUT2D eigenvalue weighted by Gasteiger charge is 2.13. The van der Waals surface area contributed by atoms with Crippen LogP contribution in [0, 0.1) is 11.3 Å². The first kappa shape index (κ1) is 8.35. The Bertz CT molecular complexity index is 260. The molecule has 11 heavy (non-hydrogen) atoms. The summed E-state index contributed by atoms with van der Waals surface area (Å²) < 4.78 is 5.94. The SMILES string of the molecule is COC1=C(C#N)CCC=C1Br. The summed E-state index contributed by atoms with van der Waals surface area (Å²) in [5, 5.41) is 8.67. The van der Waals surface area contributed by atoms with E-state index >= 15 is 0 Å². The van der Waals surface area contributed by atoms with Gasteiger partial charge in [-0.1, -0.05) is 6.08 Å². The van der Waals surface area contributed by atoms with Crippen molar-refractivity contribution < 1.29 is 4.74 Å². The molecule has 0 spiro atoms. The van der Waals surface area contributed by atoms with Crippen LogP contribution in [0.15, 0.2) is 21.9 Å². The third-order valence-electron chi connectivity index (χ3n) is 1.55. The first-order valence-corrected chi connectivity index (χ1v) is 4.12. The molecule has 0 aliphatic heterocycles. The number of ether oxygens (including phenoxy) is 1. The number of rotatable bonds is 1. The van der Waals surface area contributed by atoms with Crippen LogP contribution in [0.1, 0.15) is 12.8 Å². The van der Waals surface area contributed by atoms with Gasteiger partial charge in [-0.15, -0.1) is 0 Å². The van der Waals surface area contributed by atoms with Gasteiger partial charge in [0.2, 0.25) is 0 Å². The minimum absolute atomic E-state index is 0.679. The van der Waals surface area contributed by atoms with Crippen molar-refractivity contribution in [3.63, 3.8) is 0 Å². The van der Waals surface area contributed by atoms with E-state index in [1.54, 1.807) is 7.11 Å². The van der Waals surface area contributed by atoms with Crippen molar-refractivity contribution in [3.05, 3.63) is 21.9 Å². The molecule has 0 aromatic carbocycles. The molecule has 0 radical (unpaired) electrons. The van der Waals surface area contributed by atoms with Gasteiger partial charge in [-0.3, -0.25) is 0 Å². The lowest BCUT2D eigenvalue weighted by molar-refractivity contribution is 0.299. The molecular weight excluding hydrogens is 206 g/mol. The number of methoxy groups -OCH3 is 1. The maximum atomic E-state index is 8.67. The van der Waals surface area contributed by atoms with Gasteiger partial charge < -0.3 is 4.74 Å². The monoisotopic (exact) mass is 213 g/mol. The Balaban J connectivity index is 3.00. The molecule has 0 N–H and O–H groups in total. The predicted molar refractivity (Wildman–Crippen MR) is 45.9 cm³/mol. The smallest absolute Gasteiger partial charge is 0.146 e. The Morgan fingerprint density at radius 3 is 2.91 bits per heavy atom. The highest BCUT2D eigenvalue weighted by atomic mass is 79.9. The van der Waals surface area contributed by atoms with E-state index in [4.69, 9.17) is 10.00 Å². The molecule has 1 aliphatic rings. The lowest BCUT2D eigenvalue weighted by Gasteiger charge is -2.12. The van der Waals surface area contributed by atoms with Gasteiger partial charge in [0.15, 0.2) is 0 Å². The fourth-order valence-corrected chi connectivity index (χ4v) is 1.65. The second kappa shape index (κ2) is 3.59. The summed E-state index contributed by atoms with van der Waals surface area (Å²) >= 11 is 3.32. The molecule has 0 atom stereocenters. The zero-order valence-corrected chi connectivity index (χ0v) is 7.81. The van der Waals surface area contributed by atoms with Gasteiger partial charge in [-0.05, 0) is 28.8 Å². The highest BCUT2D eigenvalue weighted by Crippen LogP contribution is 2.28. The maximum Gasteiger partial charge on any atom is 0.146 e. The van der Waals surface area contributed by atoms with E-state index in [-0.39, 0.29) is 0 Å². The number of hydrogen-bond acceptors (Lipinski definition) is 2. The van der Waals surface area contributed by atoms with Crippen molar-refractivity contribution in [2.75, 3.05) is 7.11 Å². The molecule has 58 valence electrons. The highest BCUT2D eigenvalue weighted by molar-refractivity contribution is 9.11. The van der Waals surface area contributed by atoms with Crippen molar-refractivity contribution in [2.45, 2.75) is 12.8 Å². The van der Waals surface area contributed by atoms with Crippen LogP contribution in [0.5, 0.6) is 0 Å². The molecule has 3 heteroatoms. The molecule has 0 saturated carbocycles. The molecule has 0 aromatic heterocycles. The largest absolute Gasteiger partial charge is 0.495 e. The Hall–Kier alpha value is -0.750. The molecule has 0 heterocycles. The van der Waals surface area contributed by atoms with E-state index in [2.05, 4.69) is 22.0 Å². The maximum absolute atomic E-state index is 8.67. The minimum Gasteiger partial charge on any atom is -0.495 e. The van der Waals surface area contributed by atoms with E-state index in [0.717, 1.165) is 22.9 Å². The standard InChI is InChI=1S/C8H8BrNO/c1-11-8-6(5-10)3-2-4-7(8)9/h4H,2-3H2,1H3. The van der Waals surface area contributed by atoms with Crippen molar-refractivity contribution in [2.24, 2.45) is 0 Å². The van der Waals surface area contributed by atoms with Crippen LogP contribution < -0.4 is 0 Å². The molecule has 0 bridgehead atoms. The molecular formula is C8H8BrNO. The summed E-state index contributed by atoms with van der Waals surface area (Å²) in [7, 11) is 1.58. The Morgan fingerprint density at radius 2 is 2.45 bits per heavy atom. The van der Waals surface area contributed by atoms with Crippen LogP contribution >= 0.6 is 15.9 Å². The van der Waals surface area contributed by atoms with Gasteiger partial charge in [-0.2, -0.15) is 5.26 Å². The van der Waals surface area contributed by atoms with Gasteiger partial charge in [-0.25, -0.2) is 0 Å². The summed E-state index contributed by atoms with van der Waals surface area (Å²) in [6.45, 7) is 0. The fourth-order valence-electron chi connectivity index (χ4n) is 1.02. The summed E-state index contributed by atoms with van der Waals surface area (Å²) in [6.07, 6.45) is 3.71. The van der Waals surface area contributed by atoms with Crippen LogP contribution in [-0.2, 0) is 4.74 Å². The molecule has 0 fully saturated rings. The van der Waals surface area contributed by atoms with Crippen LogP contribution in [-0.4, -0.2) is 7.11 Å². The van der Waals surface area contributed by atoms with Crippen LogP contribution in [0.3, 0.4) is 0 Å². The van der Waals surface area contributed by atoms with E-state index < -0.39 is 0 Å². The average molecular weight is 214 g/mol. The second-order valence-electron chi connectivity index (χ2n) is 2.21. The van der Waals surface area contributed by atoms with E-state index in [9.17, 15) is 0 Å². The van der Waals surface area contributed by atoms with Gasteiger partial charge in [0, 0.05) is 0 Å². The Kier molecular flexibility index (Phi) is 2.72. The normalized spacial score (nSPS) is 17.4. The topological polar surface area (TPSA) is 33.0 Å². The predicted octanol–water partition coefficient (Wildman–Crippen LogP) is 2.48. The number of halogens is 1. The van der Waals surface area contributed by atoms with Crippen LogP contribution in [0.4, 0.5) is 0 Å². The van der Waals surface area contributed by atoms with Gasteiger partial charge in [0.05, 0.1) is 23.2 Å². The molecule has 2 nitrogen and oxygen atoms in total. The lowest BCUT2D eigenvalue weighted by atomic mass is 10.1. The fraction of sp³-hybridized carbons (Fsp3) is 0.375. The molecule has 0 unspecified atom stereocenters. The molecule has 0 saturated heterocycles. The zero-order valence-electron chi connectivity index (χ0n) is 6.22. The summed E-state index contributed by atoms with van der Waals surface area (Å²) in [5.41, 5.74) is 0.724. The average Bonchev–Trinajstić information content (AvgIpc) is 2.04. The first-order valence-electron chi connectivity index (χ1n) is 3.33. The lowest BCUT2D eigenvalue weighted by Crippen LogP contribution is -1.98. The number of hydrogen-bond donors (Lipinski definition) is 0. The molecule has 1 aliphatic carbocycles. The second-order valence-corrected chi connectivity index (χ2v) is 3.07. The summed E-state index contributed by atoms with van der Waals surface area (Å²) in [4.78, 5) is 0. The first-order chi connectivity index (χ1) is 5.29. The summed E-state index contributed by atoms with van der Waals surface area (Å²) in [6, 6.07) is 2.12. The van der Waals surface area contributed by atoms with Crippen molar-refractivity contribution >= 4 is 15.9 Å². The number of nitrogens with zero attached hydrogens (tertiary/aromatic N) is 1. The molecule has 0 amide bonds. The van der Waals surface area contributed by atoms with Crippen LogP contribution in [0.25, 0.3) is 0 Å². The van der Waals surface area contributed by atoms with Crippen LogP contribution in [0.2, 0.25) is 0 Å². The van der Waals surface area contributed by atoms with E-state index in [0.29, 0.717) is 5.76 Å². The Morgan fingerprint density at radius 1 is 1.73 bits per heavy atom. The third kappa shape index (κ3) is 1.63. The van der Waals surface area contributed by atoms with Crippen molar-refractivity contribution in [3.8, 4) is 6.07 Å². The van der Waals surface area contributed by atoms with Gasteiger partial charge in [0.1, 0.15) is 5.76 Å². The van der Waals surface area contributed by atoms with E-state index in [1.165, 1.54) is 0 Å². The molecule has 1 rings (SSSR count). The third-order valence-corrected chi connectivity index (χ3v) is 2.23. The number of nitriles is 1. The molecule has 0 aromatic rings. The van der Waals surface area contributed by atoms with E-state index in [1.807, 2.05) is 6.08 Å². The number of allylic oxidation sites excluding steroid dienone is 3. The summed E-state index contributed by atoms with van der Waals surface area (Å²) in [5.74, 6) is 0.679.